The lowest BCUT2D eigenvalue weighted by atomic mass is 9.47. The summed E-state index contributed by atoms with van der Waals surface area (Å²) in [7, 11) is 0. The molecule has 0 radical (unpaired) electrons. The molecule has 5 rings (SSSR count). The van der Waals surface area contributed by atoms with Crippen LogP contribution in [0, 0.1) is 34.5 Å². The summed E-state index contributed by atoms with van der Waals surface area (Å²) >= 11 is 1.61. The maximum atomic E-state index is 14.1. The van der Waals surface area contributed by atoms with Crippen LogP contribution in [-0.2, 0) is 28.7 Å². The maximum Gasteiger partial charge on any atom is 0.324 e. The van der Waals surface area contributed by atoms with E-state index in [4.69, 9.17) is 9.47 Å². The van der Waals surface area contributed by atoms with Crippen molar-refractivity contribution in [1.29, 1.82) is 0 Å². The fourth-order valence-electron chi connectivity index (χ4n) is 8.62. The highest BCUT2D eigenvalue weighted by Gasteiger charge is 2.71. The fourth-order valence-corrected chi connectivity index (χ4v) is 9.54. The van der Waals surface area contributed by atoms with Gasteiger partial charge in [0.25, 0.3) is 0 Å². The van der Waals surface area contributed by atoms with Crippen LogP contribution in [0.4, 0.5) is 0 Å². The molecular weight excluding hydrogens is 506 g/mol. The van der Waals surface area contributed by atoms with Crippen molar-refractivity contribution in [3.8, 4) is 0 Å². The first kappa shape index (κ1) is 27.4. The largest absolute Gasteiger partial charge is 0.504 e. The van der Waals surface area contributed by atoms with Crippen LogP contribution in [0.2, 0.25) is 0 Å². The third-order valence-corrected chi connectivity index (χ3v) is 11.4. The van der Waals surface area contributed by atoms with Gasteiger partial charge in [-0.3, -0.25) is 24.5 Å². The monoisotopic (exact) mass is 545 g/mol. The second kappa shape index (κ2) is 9.81. The van der Waals surface area contributed by atoms with E-state index < -0.39 is 41.0 Å². The van der Waals surface area contributed by atoms with Crippen molar-refractivity contribution in [2.24, 2.45) is 34.5 Å². The Kier molecular flexibility index (Phi) is 7.08. The molecule has 2 N–H and O–H groups in total. The molecule has 8 nitrogen and oxygen atoms in total. The molecule has 0 spiro atoms. The average molecular weight is 546 g/mol. The molecule has 9 heteroatoms. The van der Waals surface area contributed by atoms with Crippen LogP contribution >= 0.6 is 11.8 Å². The molecule has 38 heavy (non-hydrogen) atoms. The van der Waals surface area contributed by atoms with Crippen LogP contribution in [0.5, 0.6) is 0 Å². The third-order valence-electron chi connectivity index (χ3n) is 10.5. The molecule has 1 unspecified atom stereocenters. The first-order valence-corrected chi connectivity index (χ1v) is 15.0. The average Bonchev–Trinajstić information content (AvgIpc) is 3.49. The SMILES string of the molecule is CCC(=O)O[C@]1(C(=O)COC(=O)C2CSCN2)[C@@H](C)C[C@H]2[C@@H]3CCC4=CC(=O)C(O)=C[C@]4(C)[C@H]3CC[C@@]21C. The molecule has 1 aliphatic heterocycles. The van der Waals surface area contributed by atoms with Gasteiger partial charge in [-0.15, -0.1) is 11.8 Å². The molecule has 1 saturated heterocycles. The molecule has 208 valence electrons. The first-order valence-electron chi connectivity index (χ1n) is 13.9. The Morgan fingerprint density at radius 1 is 1.21 bits per heavy atom. The van der Waals surface area contributed by atoms with Crippen LogP contribution in [0.3, 0.4) is 0 Å². The van der Waals surface area contributed by atoms with Crippen molar-refractivity contribution >= 4 is 35.3 Å². The molecule has 4 aliphatic carbocycles. The van der Waals surface area contributed by atoms with Crippen molar-refractivity contribution < 1.29 is 33.8 Å². The van der Waals surface area contributed by atoms with Crippen molar-refractivity contribution in [2.45, 2.75) is 77.9 Å². The fraction of sp³-hybridized carbons (Fsp3) is 0.724. The third kappa shape index (κ3) is 3.98. The van der Waals surface area contributed by atoms with Crippen LogP contribution < -0.4 is 5.32 Å². The predicted octanol–water partition coefficient (Wildman–Crippen LogP) is 3.89. The van der Waals surface area contributed by atoms with E-state index in [9.17, 15) is 24.3 Å². The Hall–Kier alpha value is -2.13. The van der Waals surface area contributed by atoms with E-state index in [0.717, 1.165) is 31.3 Å². The molecule has 1 heterocycles. The summed E-state index contributed by atoms with van der Waals surface area (Å²) in [5, 5.41) is 13.4. The molecule has 0 aromatic rings. The minimum absolute atomic E-state index is 0.111. The molecule has 0 amide bonds. The number of nitrogens with one attached hydrogen (secondary N) is 1. The number of ketones is 2. The lowest BCUT2D eigenvalue weighted by Crippen LogP contribution is -2.61. The van der Waals surface area contributed by atoms with Gasteiger partial charge in [0.05, 0.1) is 0 Å². The summed E-state index contributed by atoms with van der Waals surface area (Å²) in [6.45, 7) is 7.49. The van der Waals surface area contributed by atoms with Gasteiger partial charge in [-0.1, -0.05) is 33.3 Å². The quantitative estimate of drug-likeness (QED) is 0.479. The summed E-state index contributed by atoms with van der Waals surface area (Å²) in [5.74, 6) is -0.130. The lowest BCUT2D eigenvalue weighted by molar-refractivity contribution is -0.197. The van der Waals surface area contributed by atoms with Gasteiger partial charge in [-0.25, -0.2) is 0 Å². The highest BCUT2D eigenvalue weighted by Crippen LogP contribution is 2.69. The van der Waals surface area contributed by atoms with Crippen LogP contribution in [0.25, 0.3) is 0 Å². The smallest absolute Gasteiger partial charge is 0.324 e. The van der Waals surface area contributed by atoms with Crippen LogP contribution in [-0.4, -0.2) is 58.5 Å². The lowest BCUT2D eigenvalue weighted by Gasteiger charge is -2.58. The number of ether oxygens (including phenoxy) is 2. The number of esters is 2. The van der Waals surface area contributed by atoms with E-state index in [1.165, 1.54) is 0 Å². The van der Waals surface area contributed by atoms with Gasteiger partial charge < -0.3 is 14.6 Å². The van der Waals surface area contributed by atoms with Crippen molar-refractivity contribution in [3.63, 3.8) is 0 Å². The summed E-state index contributed by atoms with van der Waals surface area (Å²) in [4.78, 5) is 51.7. The summed E-state index contributed by atoms with van der Waals surface area (Å²) in [5.41, 5.74) is -1.33. The number of rotatable bonds is 6. The zero-order valence-electron chi connectivity index (χ0n) is 22.7. The Bertz CT molecular complexity index is 1110. The topological polar surface area (TPSA) is 119 Å². The second-order valence-corrected chi connectivity index (χ2v) is 13.3. The minimum Gasteiger partial charge on any atom is -0.504 e. The van der Waals surface area contributed by atoms with E-state index in [1.807, 2.05) is 6.92 Å². The van der Waals surface area contributed by atoms with E-state index in [-0.39, 0.29) is 47.4 Å². The Balaban J connectivity index is 1.46. The molecule has 0 bridgehead atoms. The van der Waals surface area contributed by atoms with Gasteiger partial charge in [0, 0.05) is 34.8 Å². The van der Waals surface area contributed by atoms with E-state index in [0.29, 0.717) is 18.1 Å². The molecule has 4 fully saturated rings. The molecule has 5 aliphatic rings. The number of Topliss-reactive ketones (excluding diaryl/α,β-unsaturated/α-hetero) is 1. The standard InChI is InChI=1S/C29H39NO7S/c1-5-25(34)37-29(24(33)13-36-26(35)21-14-38-15-30-21)16(2)10-20-18-7-6-17-11-22(31)23(32)12-27(17,3)19(18)8-9-28(20,29)4/h11-12,16,18-21,30,32H,5-10,13-15H2,1-4H3/t16-,18+,19-,20-,21?,27-,28-,29-/m0/s1. The highest BCUT2D eigenvalue weighted by molar-refractivity contribution is 7.99. The van der Waals surface area contributed by atoms with E-state index in [1.54, 1.807) is 30.8 Å². The number of carbonyl (C=O) groups is 4. The molecule has 0 aromatic carbocycles. The number of aliphatic hydroxyl groups excluding tert-OH is 1. The summed E-state index contributed by atoms with van der Waals surface area (Å²) in [6, 6.07) is -0.432. The van der Waals surface area contributed by atoms with Crippen molar-refractivity contribution in [1.82, 2.24) is 5.32 Å². The Morgan fingerprint density at radius 2 is 1.97 bits per heavy atom. The Labute approximate surface area is 228 Å². The number of thioether (sulfide) groups is 1. The van der Waals surface area contributed by atoms with E-state index >= 15 is 0 Å². The number of allylic oxidation sites excluding steroid dienone is 3. The highest BCUT2D eigenvalue weighted by atomic mass is 32.2. The van der Waals surface area contributed by atoms with Gasteiger partial charge in [-0.05, 0) is 62.0 Å². The van der Waals surface area contributed by atoms with Crippen LogP contribution in [0.1, 0.15) is 66.2 Å². The van der Waals surface area contributed by atoms with Gasteiger partial charge in [0.2, 0.25) is 11.6 Å². The summed E-state index contributed by atoms with van der Waals surface area (Å²) in [6.07, 6.45) is 7.30. The zero-order valence-corrected chi connectivity index (χ0v) is 23.5. The van der Waals surface area contributed by atoms with Gasteiger partial charge in [0.15, 0.2) is 18.0 Å². The number of carbonyl (C=O) groups excluding carboxylic acids is 4. The molecule has 0 aromatic heterocycles. The van der Waals surface area contributed by atoms with Gasteiger partial charge in [-0.2, -0.15) is 0 Å². The zero-order chi connectivity index (χ0) is 27.5. The number of hydrogen-bond acceptors (Lipinski definition) is 9. The number of hydrogen-bond donors (Lipinski definition) is 2. The van der Waals surface area contributed by atoms with Crippen molar-refractivity contribution in [2.75, 3.05) is 18.2 Å². The van der Waals surface area contributed by atoms with E-state index in [2.05, 4.69) is 19.2 Å². The maximum absolute atomic E-state index is 14.1. The molecule has 8 atom stereocenters. The second-order valence-electron chi connectivity index (χ2n) is 12.2. The molecular formula is C29H39NO7S. The van der Waals surface area contributed by atoms with Crippen LogP contribution in [0.15, 0.2) is 23.5 Å². The number of fused-ring (bicyclic) bond motifs is 5. The van der Waals surface area contributed by atoms with Crippen molar-refractivity contribution in [3.05, 3.63) is 23.5 Å². The number of aliphatic hydroxyl groups is 1. The van der Waals surface area contributed by atoms with Gasteiger partial charge in [0.1, 0.15) is 6.04 Å². The molecule has 3 saturated carbocycles. The van der Waals surface area contributed by atoms with Gasteiger partial charge >= 0.3 is 11.9 Å². The summed E-state index contributed by atoms with van der Waals surface area (Å²) < 4.78 is 11.7. The normalized spacial score (nSPS) is 41.8. The Morgan fingerprint density at radius 3 is 2.66 bits per heavy atom. The first-order chi connectivity index (χ1) is 18.0. The minimum atomic E-state index is -1.37. The predicted molar refractivity (Wildman–Crippen MR) is 142 cm³/mol.